The molecule has 2 aromatic rings. The molecule has 0 aromatic carbocycles. The molecule has 0 unspecified atom stereocenters. The van der Waals surface area contributed by atoms with E-state index >= 15 is 0 Å². The summed E-state index contributed by atoms with van der Waals surface area (Å²) in [6.45, 7) is 5.13. The number of hydrogen-bond donors (Lipinski definition) is 1. The first-order valence-corrected chi connectivity index (χ1v) is 7.69. The fourth-order valence-electron chi connectivity index (χ4n) is 1.64. The Morgan fingerprint density at radius 2 is 2.26 bits per heavy atom. The number of rotatable bonds is 5. The molecule has 1 N–H and O–H groups in total. The van der Waals surface area contributed by atoms with Crippen LogP contribution in [-0.2, 0) is 13.0 Å². The van der Waals surface area contributed by atoms with Crippen LogP contribution in [0.4, 0.5) is 0 Å². The molecule has 0 aliphatic carbocycles. The summed E-state index contributed by atoms with van der Waals surface area (Å²) in [5.41, 5.74) is 0. The van der Waals surface area contributed by atoms with Crippen LogP contribution in [0.1, 0.15) is 35.2 Å². The lowest BCUT2D eigenvalue weighted by Gasteiger charge is -2.18. The Morgan fingerprint density at radius 1 is 1.47 bits per heavy atom. The Labute approximate surface area is 124 Å². The van der Waals surface area contributed by atoms with Crippen molar-refractivity contribution >= 4 is 33.2 Å². The van der Waals surface area contributed by atoms with Gasteiger partial charge < -0.3 is 4.90 Å². The van der Waals surface area contributed by atoms with Crippen LogP contribution >= 0.6 is 27.3 Å². The molecule has 19 heavy (non-hydrogen) atoms. The summed E-state index contributed by atoms with van der Waals surface area (Å²) in [5.74, 6) is 0.843. The minimum absolute atomic E-state index is 0.136. The standard InChI is InChI=1S/C12H15BrN4OS/c1-3-10-14-11(16-15-10)12(18)17(4-2)7-8-5-6-9(13)19-8/h5-6H,3-4,7H2,1-2H3,(H,14,15,16). The summed E-state index contributed by atoms with van der Waals surface area (Å²) in [4.78, 5) is 19.3. The average molecular weight is 343 g/mol. The maximum absolute atomic E-state index is 12.3. The van der Waals surface area contributed by atoms with Gasteiger partial charge in [-0.25, -0.2) is 4.98 Å². The van der Waals surface area contributed by atoms with Crippen LogP contribution in [0, 0.1) is 0 Å². The third-order valence-corrected chi connectivity index (χ3v) is 4.31. The van der Waals surface area contributed by atoms with Crippen LogP contribution in [0.5, 0.6) is 0 Å². The normalized spacial score (nSPS) is 10.7. The molecule has 0 aliphatic heterocycles. The second-order valence-electron chi connectivity index (χ2n) is 3.98. The summed E-state index contributed by atoms with van der Waals surface area (Å²) in [6, 6.07) is 4.00. The number of carbonyl (C=O) groups is 1. The fourth-order valence-corrected chi connectivity index (χ4v) is 3.14. The Kier molecular flexibility index (Phi) is 4.71. The lowest BCUT2D eigenvalue weighted by Crippen LogP contribution is -2.30. The molecular formula is C12H15BrN4OS. The molecule has 0 bridgehead atoms. The van der Waals surface area contributed by atoms with Crippen molar-refractivity contribution in [3.63, 3.8) is 0 Å². The monoisotopic (exact) mass is 342 g/mol. The highest BCUT2D eigenvalue weighted by atomic mass is 79.9. The summed E-state index contributed by atoms with van der Waals surface area (Å²) < 4.78 is 1.07. The Bertz CT molecular complexity index is 566. The predicted octanol–water partition coefficient (Wildman–Crippen LogP) is 2.85. The van der Waals surface area contributed by atoms with E-state index in [2.05, 4.69) is 31.1 Å². The van der Waals surface area contributed by atoms with Crippen molar-refractivity contribution in [3.05, 3.63) is 32.4 Å². The number of halogens is 1. The first-order valence-electron chi connectivity index (χ1n) is 6.08. The highest BCUT2D eigenvalue weighted by molar-refractivity contribution is 9.11. The van der Waals surface area contributed by atoms with Gasteiger partial charge in [0.1, 0.15) is 5.82 Å². The highest BCUT2D eigenvalue weighted by Gasteiger charge is 2.19. The number of carbonyl (C=O) groups excluding carboxylic acids is 1. The molecule has 0 atom stereocenters. The van der Waals surface area contributed by atoms with Crippen LogP contribution < -0.4 is 0 Å². The second kappa shape index (κ2) is 6.29. The van der Waals surface area contributed by atoms with Gasteiger partial charge in [0.25, 0.3) is 5.91 Å². The van der Waals surface area contributed by atoms with Gasteiger partial charge in [0.15, 0.2) is 0 Å². The third kappa shape index (κ3) is 3.42. The molecule has 102 valence electrons. The quantitative estimate of drug-likeness (QED) is 0.908. The first-order chi connectivity index (χ1) is 9.13. The molecule has 0 saturated carbocycles. The molecule has 0 fully saturated rings. The van der Waals surface area contributed by atoms with E-state index in [0.29, 0.717) is 13.1 Å². The fraction of sp³-hybridized carbons (Fsp3) is 0.417. The topological polar surface area (TPSA) is 61.9 Å². The average Bonchev–Trinajstić information content (AvgIpc) is 3.04. The number of aromatic amines is 1. The van der Waals surface area contributed by atoms with Gasteiger partial charge in [0.2, 0.25) is 5.82 Å². The van der Waals surface area contributed by atoms with Crippen molar-refractivity contribution in [2.45, 2.75) is 26.8 Å². The number of amides is 1. The van der Waals surface area contributed by atoms with Gasteiger partial charge in [-0.15, -0.1) is 16.4 Å². The maximum Gasteiger partial charge on any atom is 0.293 e. The molecule has 0 radical (unpaired) electrons. The van der Waals surface area contributed by atoms with E-state index in [1.807, 2.05) is 26.0 Å². The maximum atomic E-state index is 12.3. The SMILES string of the molecule is CCc1nc(C(=O)N(CC)Cc2ccc(Br)s2)n[nH]1. The summed E-state index contributed by atoms with van der Waals surface area (Å²) >= 11 is 5.05. The molecule has 0 aliphatic rings. The molecular weight excluding hydrogens is 328 g/mol. The van der Waals surface area contributed by atoms with Crippen LogP contribution in [0.15, 0.2) is 15.9 Å². The Balaban J connectivity index is 2.10. The van der Waals surface area contributed by atoms with Gasteiger partial charge in [-0.1, -0.05) is 6.92 Å². The van der Waals surface area contributed by atoms with Gasteiger partial charge in [-0.2, -0.15) is 0 Å². The first kappa shape index (κ1) is 14.2. The zero-order chi connectivity index (χ0) is 13.8. The Hall–Kier alpha value is -1.21. The van der Waals surface area contributed by atoms with Crippen LogP contribution in [0.25, 0.3) is 0 Å². The van der Waals surface area contributed by atoms with Crippen LogP contribution in [0.2, 0.25) is 0 Å². The van der Waals surface area contributed by atoms with E-state index in [0.717, 1.165) is 20.9 Å². The summed E-state index contributed by atoms with van der Waals surface area (Å²) in [7, 11) is 0. The van der Waals surface area contributed by atoms with Crippen molar-refractivity contribution in [1.29, 1.82) is 0 Å². The van der Waals surface area contributed by atoms with Gasteiger partial charge in [0, 0.05) is 17.8 Å². The van der Waals surface area contributed by atoms with Crippen molar-refractivity contribution in [2.24, 2.45) is 0 Å². The number of hydrogen-bond acceptors (Lipinski definition) is 4. The number of nitrogens with zero attached hydrogens (tertiary/aromatic N) is 3. The van der Waals surface area contributed by atoms with E-state index < -0.39 is 0 Å². The lowest BCUT2D eigenvalue weighted by molar-refractivity contribution is 0.0742. The van der Waals surface area contributed by atoms with Crippen molar-refractivity contribution in [3.8, 4) is 0 Å². The number of aryl methyl sites for hydroxylation is 1. The zero-order valence-corrected chi connectivity index (χ0v) is 13.2. The van der Waals surface area contributed by atoms with E-state index in [9.17, 15) is 4.79 Å². The van der Waals surface area contributed by atoms with E-state index in [-0.39, 0.29) is 11.7 Å². The predicted molar refractivity (Wildman–Crippen MR) is 78.2 cm³/mol. The molecule has 7 heteroatoms. The van der Waals surface area contributed by atoms with E-state index in [1.165, 1.54) is 0 Å². The number of aromatic nitrogens is 3. The van der Waals surface area contributed by atoms with Crippen molar-refractivity contribution in [1.82, 2.24) is 20.1 Å². The van der Waals surface area contributed by atoms with Gasteiger partial charge in [-0.05, 0) is 35.0 Å². The van der Waals surface area contributed by atoms with Crippen molar-refractivity contribution < 1.29 is 4.79 Å². The molecule has 5 nitrogen and oxygen atoms in total. The van der Waals surface area contributed by atoms with Gasteiger partial charge in [0.05, 0.1) is 10.3 Å². The Morgan fingerprint density at radius 3 is 2.79 bits per heavy atom. The molecule has 2 aromatic heterocycles. The second-order valence-corrected chi connectivity index (χ2v) is 6.53. The lowest BCUT2D eigenvalue weighted by atomic mass is 10.4. The molecule has 0 saturated heterocycles. The van der Waals surface area contributed by atoms with Crippen LogP contribution in [0.3, 0.4) is 0 Å². The molecule has 2 rings (SSSR count). The van der Waals surface area contributed by atoms with Gasteiger partial charge >= 0.3 is 0 Å². The summed E-state index contributed by atoms with van der Waals surface area (Å²) in [5, 5.41) is 6.74. The van der Waals surface area contributed by atoms with E-state index in [1.54, 1.807) is 16.2 Å². The molecule has 0 spiro atoms. The van der Waals surface area contributed by atoms with Crippen molar-refractivity contribution in [2.75, 3.05) is 6.54 Å². The zero-order valence-electron chi connectivity index (χ0n) is 10.8. The number of nitrogens with one attached hydrogen (secondary N) is 1. The third-order valence-electron chi connectivity index (χ3n) is 2.70. The molecule has 2 heterocycles. The minimum Gasteiger partial charge on any atom is -0.331 e. The smallest absolute Gasteiger partial charge is 0.293 e. The largest absolute Gasteiger partial charge is 0.331 e. The van der Waals surface area contributed by atoms with E-state index in [4.69, 9.17) is 0 Å². The molecule has 1 amide bonds. The minimum atomic E-state index is -0.136. The number of thiophene rings is 1. The van der Waals surface area contributed by atoms with Crippen LogP contribution in [-0.4, -0.2) is 32.5 Å². The number of H-pyrrole nitrogens is 1. The summed E-state index contributed by atoms with van der Waals surface area (Å²) in [6.07, 6.45) is 0.740. The highest BCUT2D eigenvalue weighted by Crippen LogP contribution is 2.23. The van der Waals surface area contributed by atoms with Gasteiger partial charge in [-0.3, -0.25) is 9.89 Å².